The first kappa shape index (κ1) is 34.6. The number of halogens is 2. The molecule has 4 N–H and O–H groups in total. The van der Waals surface area contributed by atoms with Crippen LogP contribution in [0.4, 0.5) is 0 Å². The van der Waals surface area contributed by atoms with Crippen LogP contribution < -0.4 is 10.5 Å². The first-order valence-electron chi connectivity index (χ1n) is 14.5. The van der Waals surface area contributed by atoms with Crippen LogP contribution in [0.3, 0.4) is 0 Å². The number of nitrogens with two attached hydrogens (primary N) is 1. The lowest BCUT2D eigenvalue weighted by Crippen LogP contribution is -2.60. The molecule has 3 aromatic rings. The van der Waals surface area contributed by atoms with Gasteiger partial charge in [0.05, 0.1) is 18.2 Å². The fraction of sp³-hybridized carbons (Fsp3) is 0.294. The Morgan fingerprint density at radius 1 is 0.978 bits per heavy atom. The maximum atomic E-state index is 14.1. The van der Waals surface area contributed by atoms with Crippen LogP contribution in [0, 0.1) is 11.8 Å². The number of ether oxygens (including phenoxy) is 1. The van der Waals surface area contributed by atoms with Crippen LogP contribution >= 0.6 is 23.2 Å². The minimum atomic E-state index is -2.92. The smallest absolute Gasteiger partial charge is 0.351 e. The quantitative estimate of drug-likeness (QED) is 0.234. The topological polar surface area (TPSA) is 150 Å². The zero-order valence-electron chi connectivity index (χ0n) is 25.5. The first-order valence-corrected chi connectivity index (χ1v) is 15.3. The van der Waals surface area contributed by atoms with Crippen LogP contribution in [0.2, 0.25) is 10.0 Å². The van der Waals surface area contributed by atoms with Gasteiger partial charge < -0.3 is 24.7 Å². The van der Waals surface area contributed by atoms with Crippen LogP contribution in [0.5, 0.6) is 5.75 Å². The standard InChI is InChI=1S/C34H35Cl2N3O7/c1-20(2)31-32(42)39(18-30(41)28(34(37,45)33(43)44)14-22-8-5-4-6-9-22)29(17-38(31)21(3)40)24-10-7-11-27(15-24)46-19-23-12-25(35)16-26(36)13-23/h4-13,15-17,20,28,31,45H,14,18-19,37H2,1-3H3,(H,43,44)/t28-,31-,34?/m1/s1. The second-order valence-corrected chi connectivity index (χ2v) is 12.4. The highest BCUT2D eigenvalue weighted by Gasteiger charge is 2.47. The van der Waals surface area contributed by atoms with E-state index >= 15 is 0 Å². The van der Waals surface area contributed by atoms with Gasteiger partial charge in [0.1, 0.15) is 18.4 Å². The number of aliphatic hydroxyl groups is 1. The maximum absolute atomic E-state index is 14.1. The predicted molar refractivity (Wildman–Crippen MR) is 173 cm³/mol. The summed E-state index contributed by atoms with van der Waals surface area (Å²) in [5.74, 6) is -5.02. The number of hydrogen-bond donors (Lipinski definition) is 3. The van der Waals surface area contributed by atoms with Crippen molar-refractivity contribution in [3.8, 4) is 5.75 Å². The van der Waals surface area contributed by atoms with Gasteiger partial charge in [-0.2, -0.15) is 0 Å². The molecule has 10 nitrogen and oxygen atoms in total. The number of rotatable bonds is 12. The SMILES string of the molecule is CC(=O)N1C=C(c2cccc(OCc3cc(Cl)cc(Cl)c3)c2)N(CC(=O)[C@@H](Cc2ccccc2)C(N)(O)C(=O)O)C(=O)[C@H]1C(C)C. The van der Waals surface area contributed by atoms with E-state index in [2.05, 4.69) is 0 Å². The molecular weight excluding hydrogens is 633 g/mol. The van der Waals surface area contributed by atoms with Gasteiger partial charge in [-0.15, -0.1) is 0 Å². The number of benzene rings is 3. The molecule has 1 unspecified atom stereocenters. The number of nitrogens with zero attached hydrogens (tertiary/aromatic N) is 2. The van der Waals surface area contributed by atoms with E-state index in [1.165, 1.54) is 22.9 Å². The number of hydrogen-bond acceptors (Lipinski definition) is 7. The third-order valence-corrected chi connectivity index (χ3v) is 8.12. The molecule has 12 heteroatoms. The summed E-state index contributed by atoms with van der Waals surface area (Å²) in [6, 6.07) is 19.3. The molecule has 3 aromatic carbocycles. The Balaban J connectivity index is 1.73. The summed E-state index contributed by atoms with van der Waals surface area (Å²) in [5.41, 5.74) is 4.85. The molecule has 242 valence electrons. The van der Waals surface area contributed by atoms with Gasteiger partial charge in [0.15, 0.2) is 5.78 Å². The molecule has 0 radical (unpaired) electrons. The monoisotopic (exact) mass is 667 g/mol. The number of aliphatic carboxylic acids is 1. The zero-order chi connectivity index (χ0) is 33.8. The van der Waals surface area contributed by atoms with Gasteiger partial charge in [0.25, 0.3) is 5.91 Å². The second-order valence-electron chi connectivity index (χ2n) is 11.5. The molecule has 3 atom stereocenters. The van der Waals surface area contributed by atoms with Crippen molar-refractivity contribution >= 4 is 52.5 Å². The van der Waals surface area contributed by atoms with E-state index in [1.54, 1.807) is 86.6 Å². The molecule has 2 amide bonds. The number of amides is 2. The van der Waals surface area contributed by atoms with E-state index in [1.807, 2.05) is 0 Å². The minimum absolute atomic E-state index is 0.129. The van der Waals surface area contributed by atoms with Crippen molar-refractivity contribution in [1.82, 2.24) is 9.80 Å². The lowest BCUT2D eigenvalue weighted by atomic mass is 9.85. The molecule has 0 aromatic heterocycles. The van der Waals surface area contributed by atoms with E-state index < -0.39 is 41.9 Å². The Morgan fingerprint density at radius 3 is 2.22 bits per heavy atom. The molecule has 0 bridgehead atoms. The number of Topliss-reactive ketones (excluding diaryl/α,β-unsaturated/α-hetero) is 1. The number of ketones is 1. The molecule has 46 heavy (non-hydrogen) atoms. The largest absolute Gasteiger partial charge is 0.489 e. The Morgan fingerprint density at radius 2 is 1.63 bits per heavy atom. The first-order chi connectivity index (χ1) is 21.7. The third-order valence-electron chi connectivity index (χ3n) is 7.68. The lowest BCUT2D eigenvalue weighted by Gasteiger charge is -2.41. The van der Waals surface area contributed by atoms with Gasteiger partial charge in [-0.05, 0) is 53.8 Å². The van der Waals surface area contributed by atoms with Gasteiger partial charge in [-0.1, -0.05) is 79.5 Å². The fourth-order valence-corrected chi connectivity index (χ4v) is 5.92. The summed E-state index contributed by atoms with van der Waals surface area (Å²) in [5, 5.41) is 21.4. The van der Waals surface area contributed by atoms with Crippen molar-refractivity contribution in [3.05, 3.63) is 106 Å². The molecule has 1 aliphatic rings. The molecule has 0 saturated heterocycles. The zero-order valence-corrected chi connectivity index (χ0v) is 27.0. The minimum Gasteiger partial charge on any atom is -0.489 e. The normalized spacial score (nSPS) is 16.9. The molecule has 1 aliphatic heterocycles. The van der Waals surface area contributed by atoms with Crippen molar-refractivity contribution in [3.63, 3.8) is 0 Å². The molecule has 1 heterocycles. The Hall–Kier alpha value is -4.22. The van der Waals surface area contributed by atoms with Crippen molar-refractivity contribution in [1.29, 1.82) is 0 Å². The summed E-state index contributed by atoms with van der Waals surface area (Å²) >= 11 is 12.2. The van der Waals surface area contributed by atoms with E-state index in [9.17, 15) is 29.4 Å². The van der Waals surface area contributed by atoms with Gasteiger partial charge >= 0.3 is 5.97 Å². The van der Waals surface area contributed by atoms with Crippen LogP contribution in [0.25, 0.3) is 5.70 Å². The van der Waals surface area contributed by atoms with Crippen LogP contribution in [-0.2, 0) is 32.2 Å². The molecule has 0 saturated carbocycles. The number of carboxylic acid groups (broad SMARTS) is 1. The number of carbonyl (C=O) groups excluding carboxylic acids is 3. The summed E-state index contributed by atoms with van der Waals surface area (Å²) < 4.78 is 5.98. The van der Waals surface area contributed by atoms with Crippen molar-refractivity contribution in [2.45, 2.75) is 45.6 Å². The summed E-state index contributed by atoms with van der Waals surface area (Å²) in [7, 11) is 0. The summed E-state index contributed by atoms with van der Waals surface area (Å²) in [6.45, 7) is 4.40. The van der Waals surface area contributed by atoms with Crippen LogP contribution in [-0.4, -0.2) is 61.9 Å². The van der Waals surface area contributed by atoms with Crippen LogP contribution in [0.15, 0.2) is 79.0 Å². The van der Waals surface area contributed by atoms with Gasteiger partial charge in [-0.25, -0.2) is 4.79 Å². The highest BCUT2D eigenvalue weighted by atomic mass is 35.5. The predicted octanol–water partition coefficient (Wildman–Crippen LogP) is 4.75. The van der Waals surface area contributed by atoms with Gasteiger partial charge in [0.2, 0.25) is 11.6 Å². The van der Waals surface area contributed by atoms with Crippen molar-refractivity contribution in [2.75, 3.05) is 6.54 Å². The number of carboxylic acids is 1. The maximum Gasteiger partial charge on any atom is 0.351 e. The number of carbonyl (C=O) groups is 4. The third kappa shape index (κ3) is 7.94. The van der Waals surface area contributed by atoms with Crippen LogP contribution in [0.1, 0.15) is 37.5 Å². The van der Waals surface area contributed by atoms with E-state index in [0.717, 1.165) is 5.56 Å². The summed E-state index contributed by atoms with van der Waals surface area (Å²) in [6.07, 6.45) is 1.31. The highest BCUT2D eigenvalue weighted by molar-refractivity contribution is 6.34. The van der Waals surface area contributed by atoms with E-state index in [0.29, 0.717) is 26.9 Å². The van der Waals surface area contributed by atoms with Crippen molar-refractivity contribution in [2.24, 2.45) is 17.6 Å². The highest BCUT2D eigenvalue weighted by Crippen LogP contribution is 2.33. The molecule has 0 spiro atoms. The lowest BCUT2D eigenvalue weighted by molar-refractivity contribution is -0.168. The van der Waals surface area contributed by atoms with Gasteiger partial charge in [0, 0.05) is 28.7 Å². The molecular formula is C34H35Cl2N3O7. The van der Waals surface area contributed by atoms with E-state index in [4.69, 9.17) is 33.7 Å². The Bertz CT molecular complexity index is 1640. The molecule has 0 fully saturated rings. The average molecular weight is 669 g/mol. The fourth-order valence-electron chi connectivity index (χ4n) is 5.35. The summed E-state index contributed by atoms with van der Waals surface area (Å²) in [4.78, 5) is 55.3. The second kappa shape index (κ2) is 14.5. The van der Waals surface area contributed by atoms with E-state index in [-0.39, 0.29) is 30.5 Å². The average Bonchev–Trinajstić information content (AvgIpc) is 2.99. The Kier molecular flexibility index (Phi) is 10.9. The van der Waals surface area contributed by atoms with Crippen molar-refractivity contribution < 1.29 is 34.1 Å². The Labute approximate surface area is 277 Å². The molecule has 0 aliphatic carbocycles. The molecule has 4 rings (SSSR count). The van der Waals surface area contributed by atoms with Gasteiger partial charge in [-0.3, -0.25) is 20.1 Å².